The first-order valence-corrected chi connectivity index (χ1v) is 10.5. The molecular formula is C24H39N. The average Bonchev–Trinajstić information content (AvgIpc) is 2.58. The van der Waals surface area contributed by atoms with Gasteiger partial charge < -0.3 is 4.90 Å². The van der Waals surface area contributed by atoms with E-state index in [2.05, 4.69) is 70.7 Å². The van der Waals surface area contributed by atoms with Crippen molar-refractivity contribution in [3.63, 3.8) is 0 Å². The van der Waals surface area contributed by atoms with E-state index in [4.69, 9.17) is 0 Å². The van der Waals surface area contributed by atoms with Gasteiger partial charge in [0.05, 0.1) is 0 Å². The zero-order valence-corrected chi connectivity index (χ0v) is 17.5. The molecule has 140 valence electrons. The van der Waals surface area contributed by atoms with Crippen LogP contribution in [-0.2, 0) is 10.8 Å². The summed E-state index contributed by atoms with van der Waals surface area (Å²) >= 11 is 0. The highest BCUT2D eigenvalue weighted by Crippen LogP contribution is 2.52. The van der Waals surface area contributed by atoms with Crippen molar-refractivity contribution >= 4 is 0 Å². The van der Waals surface area contributed by atoms with Gasteiger partial charge in [-0.05, 0) is 85.9 Å². The largest absolute Gasteiger partial charge is 0.301 e. The van der Waals surface area contributed by atoms with Gasteiger partial charge in [-0.1, -0.05) is 58.9 Å². The van der Waals surface area contributed by atoms with Crippen LogP contribution in [0.3, 0.4) is 0 Å². The first-order valence-electron chi connectivity index (χ1n) is 10.5. The van der Waals surface area contributed by atoms with Crippen molar-refractivity contribution < 1.29 is 0 Å². The van der Waals surface area contributed by atoms with E-state index in [1.165, 1.54) is 51.6 Å². The van der Waals surface area contributed by atoms with Crippen LogP contribution in [0, 0.1) is 5.41 Å². The van der Waals surface area contributed by atoms with Crippen LogP contribution in [0.15, 0.2) is 24.3 Å². The minimum Gasteiger partial charge on any atom is -0.301 e. The lowest BCUT2D eigenvalue weighted by molar-refractivity contribution is 0.0845. The predicted octanol–water partition coefficient (Wildman–Crippen LogP) is 6.31. The smallest absolute Gasteiger partial charge is 0.00719 e. The summed E-state index contributed by atoms with van der Waals surface area (Å²) in [6.07, 6.45) is 7.99. The van der Waals surface area contributed by atoms with Crippen molar-refractivity contribution in [2.45, 2.75) is 96.9 Å². The van der Waals surface area contributed by atoms with Gasteiger partial charge in [-0.2, -0.15) is 0 Å². The highest BCUT2D eigenvalue weighted by Gasteiger charge is 2.45. The fraction of sp³-hybridized carbons (Fsp3) is 0.750. The molecule has 1 saturated heterocycles. The Bertz CT molecular complexity index is 588. The molecule has 1 fully saturated rings. The second kappa shape index (κ2) is 6.72. The molecule has 1 aromatic carbocycles. The summed E-state index contributed by atoms with van der Waals surface area (Å²) in [5.74, 6) is 0. The third-order valence-electron chi connectivity index (χ3n) is 7.37. The normalized spacial score (nSPS) is 27.9. The minimum absolute atomic E-state index is 0.387. The van der Waals surface area contributed by atoms with Crippen LogP contribution < -0.4 is 0 Å². The van der Waals surface area contributed by atoms with Crippen LogP contribution in [-0.4, -0.2) is 24.0 Å². The Morgan fingerprint density at radius 1 is 1.00 bits per heavy atom. The summed E-state index contributed by atoms with van der Waals surface area (Å²) in [4.78, 5) is 2.76. The lowest BCUT2D eigenvalue weighted by Gasteiger charge is -2.51. The monoisotopic (exact) mass is 341 g/mol. The van der Waals surface area contributed by atoms with Gasteiger partial charge in [-0.15, -0.1) is 0 Å². The fourth-order valence-electron chi connectivity index (χ4n) is 5.55. The van der Waals surface area contributed by atoms with E-state index in [1.54, 1.807) is 11.1 Å². The van der Waals surface area contributed by atoms with Crippen molar-refractivity contribution in [2.75, 3.05) is 13.1 Å². The Labute approximate surface area is 156 Å². The molecule has 1 unspecified atom stereocenters. The third-order valence-corrected chi connectivity index (χ3v) is 7.37. The molecule has 3 rings (SSSR count). The topological polar surface area (TPSA) is 3.24 Å². The molecule has 1 spiro atoms. The summed E-state index contributed by atoms with van der Waals surface area (Å²) in [5, 5.41) is 0. The van der Waals surface area contributed by atoms with E-state index in [0.717, 1.165) is 0 Å². The number of hydrogen-bond acceptors (Lipinski definition) is 1. The highest BCUT2D eigenvalue weighted by atomic mass is 15.2. The van der Waals surface area contributed by atoms with Gasteiger partial charge in [0, 0.05) is 6.04 Å². The Hall–Kier alpha value is -0.820. The quantitative estimate of drug-likeness (QED) is 0.623. The number of nitrogens with zero attached hydrogens (tertiary/aromatic N) is 1. The molecule has 1 aliphatic carbocycles. The van der Waals surface area contributed by atoms with Crippen LogP contribution >= 0.6 is 0 Å². The molecule has 0 radical (unpaired) electrons. The van der Waals surface area contributed by atoms with Crippen LogP contribution in [0.1, 0.15) is 91.2 Å². The summed E-state index contributed by atoms with van der Waals surface area (Å²) in [6, 6.07) is 10.1. The van der Waals surface area contributed by atoms with E-state index in [9.17, 15) is 0 Å². The SMILES string of the molecule is CC[C@]1(C)CCC2(CCN(C(C)CC(C)(C)C)CC2)c2ccccc21. The first-order chi connectivity index (χ1) is 11.7. The van der Waals surface area contributed by atoms with Gasteiger partial charge >= 0.3 is 0 Å². The second-order valence-corrected chi connectivity index (χ2v) is 10.4. The van der Waals surface area contributed by atoms with Gasteiger partial charge in [0.15, 0.2) is 0 Å². The predicted molar refractivity (Wildman–Crippen MR) is 109 cm³/mol. The third kappa shape index (κ3) is 3.68. The molecule has 0 saturated carbocycles. The fourth-order valence-corrected chi connectivity index (χ4v) is 5.55. The maximum atomic E-state index is 2.76. The van der Waals surface area contributed by atoms with Crippen molar-refractivity contribution in [3.05, 3.63) is 35.4 Å². The molecule has 25 heavy (non-hydrogen) atoms. The number of piperidine rings is 1. The number of rotatable bonds is 3. The zero-order chi connectivity index (χ0) is 18.3. The molecule has 0 amide bonds. The van der Waals surface area contributed by atoms with Gasteiger partial charge in [-0.25, -0.2) is 0 Å². The van der Waals surface area contributed by atoms with Gasteiger partial charge in [0.25, 0.3) is 0 Å². The summed E-state index contributed by atoms with van der Waals surface area (Å²) < 4.78 is 0. The molecule has 0 N–H and O–H groups in total. The maximum Gasteiger partial charge on any atom is 0.00719 e. The molecule has 1 aromatic rings. The summed E-state index contributed by atoms with van der Waals surface area (Å²) in [6.45, 7) is 17.0. The van der Waals surface area contributed by atoms with E-state index < -0.39 is 0 Å². The minimum atomic E-state index is 0.387. The number of benzene rings is 1. The lowest BCUT2D eigenvalue weighted by atomic mass is 9.57. The summed E-state index contributed by atoms with van der Waals surface area (Å²) in [7, 11) is 0. The Morgan fingerprint density at radius 2 is 1.60 bits per heavy atom. The number of fused-ring (bicyclic) bond motifs is 2. The van der Waals surface area contributed by atoms with Crippen molar-refractivity contribution in [1.82, 2.24) is 4.90 Å². The van der Waals surface area contributed by atoms with Crippen molar-refractivity contribution in [1.29, 1.82) is 0 Å². The van der Waals surface area contributed by atoms with Gasteiger partial charge in [0.1, 0.15) is 0 Å². The van der Waals surface area contributed by atoms with Crippen molar-refractivity contribution in [2.24, 2.45) is 5.41 Å². The van der Waals surface area contributed by atoms with Crippen LogP contribution in [0.5, 0.6) is 0 Å². The van der Waals surface area contributed by atoms with Crippen LogP contribution in [0.4, 0.5) is 0 Å². The molecule has 1 heterocycles. The van der Waals surface area contributed by atoms with E-state index >= 15 is 0 Å². The highest BCUT2D eigenvalue weighted by molar-refractivity contribution is 5.42. The molecule has 2 atom stereocenters. The zero-order valence-electron chi connectivity index (χ0n) is 17.5. The van der Waals surface area contributed by atoms with E-state index in [0.29, 0.717) is 22.3 Å². The van der Waals surface area contributed by atoms with Gasteiger partial charge in [-0.3, -0.25) is 0 Å². The van der Waals surface area contributed by atoms with E-state index in [-0.39, 0.29) is 0 Å². The molecule has 0 bridgehead atoms. The molecule has 1 aliphatic heterocycles. The first kappa shape index (κ1) is 19.0. The lowest BCUT2D eigenvalue weighted by Crippen LogP contribution is -2.49. The number of likely N-dealkylation sites (tertiary alicyclic amines) is 1. The summed E-state index contributed by atoms with van der Waals surface area (Å²) in [5.41, 5.74) is 4.60. The van der Waals surface area contributed by atoms with E-state index in [1.807, 2.05) is 0 Å². The molecule has 0 aromatic heterocycles. The maximum absolute atomic E-state index is 2.76. The van der Waals surface area contributed by atoms with Crippen molar-refractivity contribution in [3.8, 4) is 0 Å². The molecule has 1 heteroatoms. The van der Waals surface area contributed by atoms with Gasteiger partial charge in [0.2, 0.25) is 0 Å². The molecule has 2 aliphatic rings. The average molecular weight is 342 g/mol. The standard InChI is InChI=1S/C24H39N/c1-7-23(6)12-13-24(21-11-9-8-10-20(21)23)14-16-25(17-15-24)19(2)18-22(3,4)5/h8-11,19H,7,12-18H2,1-6H3/t19?,23-/m1/s1. The number of hydrogen-bond donors (Lipinski definition) is 0. The van der Waals surface area contributed by atoms with Crippen LogP contribution in [0.2, 0.25) is 0 Å². The Kier molecular flexibility index (Phi) is 5.10. The van der Waals surface area contributed by atoms with Crippen LogP contribution in [0.25, 0.3) is 0 Å². The molecular weight excluding hydrogens is 302 g/mol. The molecule has 1 nitrogen and oxygen atoms in total. The Morgan fingerprint density at radius 3 is 2.16 bits per heavy atom. The second-order valence-electron chi connectivity index (χ2n) is 10.4. The Balaban J connectivity index is 1.78.